The minimum atomic E-state index is -1.10. The van der Waals surface area contributed by atoms with Gasteiger partial charge in [0, 0.05) is 44.3 Å². The summed E-state index contributed by atoms with van der Waals surface area (Å²) in [6.07, 6.45) is 2.26. The van der Waals surface area contributed by atoms with Crippen LogP contribution < -0.4 is 26.8 Å². The van der Waals surface area contributed by atoms with E-state index in [1.165, 1.54) is 12.4 Å². The zero-order valence-electron chi connectivity index (χ0n) is 20.1. The second-order valence-electron chi connectivity index (χ2n) is 8.64. The molecule has 4 N–H and O–H groups in total. The first-order valence-corrected chi connectivity index (χ1v) is 12.6. The van der Waals surface area contributed by atoms with Crippen LogP contribution in [0.1, 0.15) is 28.4 Å². The zero-order chi connectivity index (χ0) is 27.2. The van der Waals surface area contributed by atoms with Crippen LogP contribution in [0.2, 0.25) is 10.0 Å². The van der Waals surface area contributed by atoms with Gasteiger partial charge in [-0.15, -0.1) is 0 Å². The first-order chi connectivity index (χ1) is 18.2. The normalized spacial score (nSPS) is 14.7. The molecule has 1 aromatic heterocycles. The van der Waals surface area contributed by atoms with E-state index < -0.39 is 28.8 Å². The Kier molecular flexibility index (Phi) is 8.95. The summed E-state index contributed by atoms with van der Waals surface area (Å²) >= 11 is 12.1. The summed E-state index contributed by atoms with van der Waals surface area (Å²) in [5.74, 6) is -1.63. The lowest BCUT2D eigenvalue weighted by Gasteiger charge is -2.27. The summed E-state index contributed by atoms with van der Waals surface area (Å²) in [6.45, 7) is 4.00. The van der Waals surface area contributed by atoms with E-state index in [2.05, 4.69) is 25.8 Å². The standard InChI is InChI=1S/C25H25Cl2N5O6/c26-16-12-28-13-17(27)20(16)25(37)30-15-3-1-14(2-4-15)18(11-19(33)34)31-22-21(23(35)24(22)36)29-5-6-32-7-9-38-10-8-32/h1-4,12-13,18,29,31H,5-11H2,(H,30,37)(H,33,34)/t18-/m0/s1. The topological polar surface area (TPSA) is 150 Å². The molecular weight excluding hydrogens is 537 g/mol. The Morgan fingerprint density at radius 1 is 1.03 bits per heavy atom. The minimum Gasteiger partial charge on any atom is -0.481 e. The number of aliphatic carboxylic acids is 1. The highest BCUT2D eigenvalue weighted by atomic mass is 35.5. The van der Waals surface area contributed by atoms with Crippen molar-refractivity contribution in [3.05, 3.63) is 78.3 Å². The fourth-order valence-corrected chi connectivity index (χ4v) is 4.62. The number of aromatic nitrogens is 1. The Hall–Kier alpha value is -3.51. The van der Waals surface area contributed by atoms with Crippen molar-refractivity contribution in [2.45, 2.75) is 12.5 Å². The maximum Gasteiger partial charge on any atom is 0.305 e. The van der Waals surface area contributed by atoms with Gasteiger partial charge in [-0.1, -0.05) is 35.3 Å². The van der Waals surface area contributed by atoms with Crippen LogP contribution in [0.25, 0.3) is 0 Å². The van der Waals surface area contributed by atoms with Gasteiger partial charge in [0.1, 0.15) is 11.4 Å². The van der Waals surface area contributed by atoms with Gasteiger partial charge in [0.05, 0.1) is 41.3 Å². The summed E-state index contributed by atoms with van der Waals surface area (Å²) in [4.78, 5) is 54.6. The molecule has 1 saturated heterocycles. The van der Waals surface area contributed by atoms with E-state index in [-0.39, 0.29) is 33.4 Å². The molecule has 38 heavy (non-hydrogen) atoms. The highest BCUT2D eigenvalue weighted by molar-refractivity contribution is 6.40. The molecule has 0 spiro atoms. The third kappa shape index (κ3) is 6.48. The maximum absolute atomic E-state index is 12.6. The van der Waals surface area contributed by atoms with Crippen molar-refractivity contribution in [2.24, 2.45) is 0 Å². The van der Waals surface area contributed by atoms with Gasteiger partial charge < -0.3 is 25.8 Å². The lowest BCUT2D eigenvalue weighted by molar-refractivity contribution is -0.137. The van der Waals surface area contributed by atoms with E-state index in [9.17, 15) is 24.3 Å². The van der Waals surface area contributed by atoms with Crippen molar-refractivity contribution in [3.8, 4) is 0 Å². The predicted octanol–water partition coefficient (Wildman–Crippen LogP) is 2.61. The van der Waals surface area contributed by atoms with E-state index >= 15 is 0 Å². The first-order valence-electron chi connectivity index (χ1n) is 11.8. The fourth-order valence-electron chi connectivity index (χ4n) is 4.08. The van der Waals surface area contributed by atoms with Crippen LogP contribution in [0.4, 0.5) is 17.1 Å². The zero-order valence-corrected chi connectivity index (χ0v) is 21.6. The molecule has 0 saturated carbocycles. The molecule has 0 aliphatic carbocycles. The predicted molar refractivity (Wildman–Crippen MR) is 144 cm³/mol. The number of anilines is 3. The number of pyridine rings is 1. The summed E-state index contributed by atoms with van der Waals surface area (Å²) in [5.41, 5.74) is -0.115. The summed E-state index contributed by atoms with van der Waals surface area (Å²) in [7, 11) is 0. The average Bonchev–Trinajstić information content (AvgIpc) is 2.90. The molecule has 11 nitrogen and oxygen atoms in total. The second-order valence-corrected chi connectivity index (χ2v) is 9.45. The molecule has 0 bridgehead atoms. The van der Waals surface area contributed by atoms with Gasteiger partial charge in [-0.3, -0.25) is 29.1 Å². The molecule has 1 amide bonds. The Balaban J connectivity index is 1.44. The van der Waals surface area contributed by atoms with E-state index in [0.29, 0.717) is 37.6 Å². The number of carbonyl (C=O) groups excluding carboxylic acids is 1. The molecule has 2 heterocycles. The first kappa shape index (κ1) is 27.5. The largest absolute Gasteiger partial charge is 0.481 e. The lowest BCUT2D eigenvalue weighted by atomic mass is 10.0. The molecule has 0 radical (unpaired) electrons. The van der Waals surface area contributed by atoms with Crippen LogP contribution in [-0.4, -0.2) is 66.3 Å². The van der Waals surface area contributed by atoms with Crippen molar-refractivity contribution in [2.75, 3.05) is 55.3 Å². The maximum atomic E-state index is 12.6. The molecule has 200 valence electrons. The number of carboxylic acids is 1. The number of hydrogen-bond donors (Lipinski definition) is 4. The number of halogens is 2. The number of nitrogens with zero attached hydrogens (tertiary/aromatic N) is 2. The third-order valence-corrected chi connectivity index (χ3v) is 6.67. The van der Waals surface area contributed by atoms with Gasteiger partial charge in [0.15, 0.2) is 0 Å². The number of nitrogens with one attached hydrogen (secondary N) is 3. The molecular formula is C25H25Cl2N5O6. The Labute approximate surface area is 227 Å². The number of amides is 1. The number of benzene rings is 1. The van der Waals surface area contributed by atoms with Crippen molar-refractivity contribution >= 4 is 52.1 Å². The minimum absolute atomic E-state index is 0.0579. The van der Waals surface area contributed by atoms with Crippen LogP contribution in [0.5, 0.6) is 0 Å². The molecule has 1 aliphatic heterocycles. The van der Waals surface area contributed by atoms with Crippen LogP contribution in [0.15, 0.2) is 46.2 Å². The molecule has 0 unspecified atom stereocenters. The molecule has 2 aromatic carbocycles. The van der Waals surface area contributed by atoms with Gasteiger partial charge in [0.25, 0.3) is 16.8 Å². The number of morpholine rings is 1. The molecule has 1 aliphatic rings. The number of hydrogen-bond acceptors (Lipinski definition) is 9. The number of carbonyl (C=O) groups is 2. The van der Waals surface area contributed by atoms with Crippen molar-refractivity contribution in [1.82, 2.24) is 9.88 Å². The summed E-state index contributed by atoms with van der Waals surface area (Å²) < 4.78 is 5.32. The highest BCUT2D eigenvalue weighted by Crippen LogP contribution is 2.28. The fraction of sp³-hybridized carbons (Fsp3) is 0.320. The van der Waals surface area contributed by atoms with Crippen molar-refractivity contribution < 1.29 is 19.4 Å². The van der Waals surface area contributed by atoms with Gasteiger partial charge in [-0.05, 0) is 17.7 Å². The van der Waals surface area contributed by atoms with E-state index in [1.807, 2.05) is 0 Å². The van der Waals surface area contributed by atoms with E-state index in [4.69, 9.17) is 27.9 Å². The van der Waals surface area contributed by atoms with Crippen molar-refractivity contribution in [3.63, 3.8) is 0 Å². The lowest BCUT2D eigenvalue weighted by Crippen LogP contribution is -2.42. The number of ether oxygens (including phenoxy) is 1. The highest BCUT2D eigenvalue weighted by Gasteiger charge is 2.26. The quantitative estimate of drug-likeness (QED) is 0.257. The van der Waals surface area contributed by atoms with Gasteiger partial charge in [-0.25, -0.2) is 0 Å². The van der Waals surface area contributed by atoms with Gasteiger partial charge in [-0.2, -0.15) is 0 Å². The number of rotatable bonds is 11. The van der Waals surface area contributed by atoms with Crippen LogP contribution >= 0.6 is 23.2 Å². The second kappa shape index (κ2) is 12.4. The smallest absolute Gasteiger partial charge is 0.305 e. The molecule has 13 heteroatoms. The molecule has 1 atom stereocenters. The third-order valence-electron chi connectivity index (χ3n) is 6.09. The average molecular weight is 562 g/mol. The summed E-state index contributed by atoms with van der Waals surface area (Å²) in [5, 5.41) is 18.2. The number of carboxylic acid groups (broad SMARTS) is 1. The van der Waals surface area contributed by atoms with Crippen LogP contribution in [0, 0.1) is 0 Å². The molecule has 3 aromatic rings. The Morgan fingerprint density at radius 3 is 2.29 bits per heavy atom. The van der Waals surface area contributed by atoms with Crippen molar-refractivity contribution in [1.29, 1.82) is 0 Å². The van der Waals surface area contributed by atoms with Gasteiger partial charge in [0.2, 0.25) is 0 Å². The van der Waals surface area contributed by atoms with E-state index in [1.54, 1.807) is 24.3 Å². The monoisotopic (exact) mass is 561 g/mol. The van der Waals surface area contributed by atoms with Gasteiger partial charge >= 0.3 is 5.97 Å². The van der Waals surface area contributed by atoms with E-state index in [0.717, 1.165) is 13.1 Å². The van der Waals surface area contributed by atoms with Crippen LogP contribution in [0.3, 0.4) is 0 Å². The molecule has 1 fully saturated rings. The molecule has 4 rings (SSSR count). The SMILES string of the molecule is O=C(O)C[C@H](Nc1c(NCCN2CCOCC2)c(=O)c1=O)c1ccc(NC(=O)c2c(Cl)cncc2Cl)cc1. The summed E-state index contributed by atoms with van der Waals surface area (Å²) in [6, 6.07) is 5.59. The van der Waals surface area contributed by atoms with Crippen LogP contribution in [-0.2, 0) is 9.53 Å². The Morgan fingerprint density at radius 2 is 1.66 bits per heavy atom. The Bertz CT molecular complexity index is 1360.